The fourth-order valence-electron chi connectivity index (χ4n) is 2.74. The molecule has 2 aromatic heterocycles. The monoisotopic (exact) mass is 358 g/mol. The maximum atomic E-state index is 13.6. The van der Waals surface area contributed by atoms with Crippen molar-refractivity contribution < 1.29 is 9.18 Å². The van der Waals surface area contributed by atoms with Crippen LogP contribution in [0.2, 0.25) is 0 Å². The van der Waals surface area contributed by atoms with Crippen molar-refractivity contribution in [2.75, 3.05) is 18.4 Å². The largest absolute Gasteiger partial charge is 0.367 e. The normalized spacial score (nSPS) is 11.4. The van der Waals surface area contributed by atoms with Crippen molar-refractivity contribution in [3.8, 4) is 0 Å². The molecule has 2 N–H and O–H groups in total. The molecule has 0 unspecified atom stereocenters. The summed E-state index contributed by atoms with van der Waals surface area (Å²) in [5, 5.41) is 14.4. The molecule has 0 saturated heterocycles. The van der Waals surface area contributed by atoms with Gasteiger partial charge in [-0.05, 0) is 31.9 Å². The second kappa shape index (κ2) is 7.63. The van der Waals surface area contributed by atoms with Gasteiger partial charge in [0.2, 0.25) is 11.6 Å². The number of hydrogen-bond donors (Lipinski definition) is 2. The van der Waals surface area contributed by atoms with Gasteiger partial charge in [-0.15, -0.1) is 10.2 Å². The Hall–Kier alpha value is -2.77. The van der Waals surface area contributed by atoms with Crippen molar-refractivity contribution in [2.45, 2.75) is 33.6 Å². The summed E-state index contributed by atoms with van der Waals surface area (Å²) < 4.78 is 15.4. The first-order valence-electron chi connectivity index (χ1n) is 8.80. The van der Waals surface area contributed by atoms with Crippen LogP contribution in [-0.4, -0.2) is 38.6 Å². The summed E-state index contributed by atoms with van der Waals surface area (Å²) in [6, 6.07) is 4.48. The molecule has 3 aromatic rings. The van der Waals surface area contributed by atoms with Crippen molar-refractivity contribution in [3.05, 3.63) is 29.8 Å². The number of unbranched alkanes of at least 4 members (excludes halogenated alkanes) is 1. The van der Waals surface area contributed by atoms with Crippen LogP contribution in [0.25, 0.3) is 16.7 Å². The van der Waals surface area contributed by atoms with Gasteiger partial charge < -0.3 is 10.6 Å². The zero-order chi connectivity index (χ0) is 18.7. The van der Waals surface area contributed by atoms with Crippen LogP contribution >= 0.6 is 0 Å². The minimum absolute atomic E-state index is 0.00391. The summed E-state index contributed by atoms with van der Waals surface area (Å²) in [5.74, 6) is 1.05. The van der Waals surface area contributed by atoms with Crippen LogP contribution in [0.5, 0.6) is 0 Å². The van der Waals surface area contributed by atoms with E-state index >= 15 is 0 Å². The predicted octanol–water partition coefficient (Wildman–Crippen LogP) is 2.69. The Morgan fingerprint density at radius 3 is 2.77 bits per heavy atom. The summed E-state index contributed by atoms with van der Waals surface area (Å²) in [6.07, 6.45) is 1.74. The number of carbonyl (C=O) groups excluding carboxylic acids is 1. The summed E-state index contributed by atoms with van der Waals surface area (Å²) in [4.78, 5) is 16.1. The van der Waals surface area contributed by atoms with E-state index in [4.69, 9.17) is 0 Å². The lowest BCUT2D eigenvalue weighted by atomic mass is 10.2. The average Bonchev–Trinajstić information content (AvgIpc) is 3.00. The molecule has 3 rings (SSSR count). The zero-order valence-electron chi connectivity index (χ0n) is 15.2. The van der Waals surface area contributed by atoms with E-state index in [1.54, 1.807) is 10.5 Å². The Bertz CT molecular complexity index is 936. The Kier molecular flexibility index (Phi) is 5.29. The predicted molar refractivity (Wildman–Crippen MR) is 98.6 cm³/mol. The number of hydrogen-bond acceptors (Lipinski definition) is 5. The Labute approximate surface area is 151 Å². The second-order valence-corrected chi connectivity index (χ2v) is 6.58. The fraction of sp³-hybridized carbons (Fsp3) is 0.444. The van der Waals surface area contributed by atoms with E-state index in [1.807, 2.05) is 20.8 Å². The number of aryl methyl sites for hydroxylation is 1. The highest BCUT2D eigenvalue weighted by Gasteiger charge is 2.13. The molecule has 0 aliphatic heterocycles. The van der Waals surface area contributed by atoms with Gasteiger partial charge in [0.25, 0.3) is 0 Å². The van der Waals surface area contributed by atoms with Crippen LogP contribution in [0.15, 0.2) is 18.2 Å². The van der Waals surface area contributed by atoms with Gasteiger partial charge >= 0.3 is 0 Å². The number of rotatable bonds is 7. The molecule has 26 heavy (non-hydrogen) atoms. The molecular formula is C18H23FN6O. The Balaban J connectivity index is 1.68. The zero-order valence-corrected chi connectivity index (χ0v) is 15.2. The third-order valence-electron chi connectivity index (χ3n) is 4.17. The number of nitrogens with zero attached hydrogens (tertiary/aromatic N) is 4. The maximum absolute atomic E-state index is 13.6. The van der Waals surface area contributed by atoms with Crippen molar-refractivity contribution in [1.29, 1.82) is 0 Å². The van der Waals surface area contributed by atoms with Crippen molar-refractivity contribution >= 4 is 28.4 Å². The van der Waals surface area contributed by atoms with Crippen molar-refractivity contribution in [3.63, 3.8) is 0 Å². The van der Waals surface area contributed by atoms with Gasteiger partial charge in [0.15, 0.2) is 5.82 Å². The lowest BCUT2D eigenvalue weighted by molar-refractivity contribution is -0.123. The van der Waals surface area contributed by atoms with Gasteiger partial charge in [-0.1, -0.05) is 13.8 Å². The highest BCUT2D eigenvalue weighted by Crippen LogP contribution is 2.22. The van der Waals surface area contributed by atoms with Gasteiger partial charge in [0.05, 0.1) is 11.0 Å². The van der Waals surface area contributed by atoms with Gasteiger partial charge in [-0.3, -0.25) is 9.20 Å². The molecule has 2 heterocycles. The smallest absolute Gasteiger partial charge is 0.222 e. The molecule has 138 valence electrons. The summed E-state index contributed by atoms with van der Waals surface area (Å²) in [5.41, 5.74) is 1.90. The van der Waals surface area contributed by atoms with Crippen LogP contribution < -0.4 is 10.6 Å². The van der Waals surface area contributed by atoms with E-state index in [0.717, 1.165) is 12.8 Å². The van der Waals surface area contributed by atoms with Gasteiger partial charge in [0, 0.05) is 25.1 Å². The number of aromatic nitrogens is 4. The Morgan fingerprint density at radius 1 is 1.23 bits per heavy atom. The van der Waals surface area contributed by atoms with Gasteiger partial charge in [-0.25, -0.2) is 9.37 Å². The Morgan fingerprint density at radius 2 is 2.00 bits per heavy atom. The first-order valence-corrected chi connectivity index (χ1v) is 8.80. The lowest BCUT2D eigenvalue weighted by Crippen LogP contribution is -2.28. The van der Waals surface area contributed by atoms with Crippen LogP contribution in [0.3, 0.4) is 0 Å². The molecular weight excluding hydrogens is 335 g/mol. The maximum Gasteiger partial charge on any atom is 0.222 e. The number of halogens is 1. The van der Waals surface area contributed by atoms with Gasteiger partial charge in [0.1, 0.15) is 11.6 Å². The van der Waals surface area contributed by atoms with Crippen LogP contribution in [-0.2, 0) is 4.79 Å². The van der Waals surface area contributed by atoms with E-state index < -0.39 is 0 Å². The number of benzene rings is 1. The topological polar surface area (TPSA) is 84.2 Å². The molecule has 1 amide bonds. The molecule has 0 saturated carbocycles. The molecule has 0 aliphatic rings. The number of carbonyl (C=O) groups is 1. The average molecular weight is 358 g/mol. The number of fused-ring (bicyclic) bond motifs is 3. The summed E-state index contributed by atoms with van der Waals surface area (Å²) >= 11 is 0. The van der Waals surface area contributed by atoms with E-state index in [2.05, 4.69) is 25.8 Å². The third-order valence-corrected chi connectivity index (χ3v) is 4.17. The third kappa shape index (κ3) is 3.74. The van der Waals surface area contributed by atoms with E-state index in [-0.39, 0.29) is 17.6 Å². The van der Waals surface area contributed by atoms with E-state index in [0.29, 0.717) is 41.4 Å². The molecule has 0 fully saturated rings. The molecule has 0 radical (unpaired) electrons. The molecule has 0 aliphatic carbocycles. The number of nitrogens with one attached hydrogen (secondary N) is 2. The highest BCUT2D eigenvalue weighted by molar-refractivity contribution is 5.83. The summed E-state index contributed by atoms with van der Waals surface area (Å²) in [7, 11) is 0. The van der Waals surface area contributed by atoms with E-state index in [9.17, 15) is 9.18 Å². The van der Waals surface area contributed by atoms with Crippen molar-refractivity contribution in [2.24, 2.45) is 5.92 Å². The van der Waals surface area contributed by atoms with Crippen molar-refractivity contribution in [1.82, 2.24) is 24.9 Å². The highest BCUT2D eigenvalue weighted by atomic mass is 19.1. The molecule has 1 aromatic carbocycles. The first kappa shape index (κ1) is 18.0. The lowest BCUT2D eigenvalue weighted by Gasteiger charge is -2.10. The van der Waals surface area contributed by atoms with E-state index in [1.165, 1.54) is 12.1 Å². The van der Waals surface area contributed by atoms with Crippen LogP contribution in [0.4, 0.5) is 10.2 Å². The molecule has 0 spiro atoms. The molecule has 0 bridgehead atoms. The van der Waals surface area contributed by atoms with Crippen LogP contribution in [0.1, 0.15) is 32.5 Å². The summed E-state index contributed by atoms with van der Waals surface area (Å²) in [6.45, 7) is 6.92. The molecule has 0 atom stereocenters. The first-order chi connectivity index (χ1) is 12.5. The second-order valence-electron chi connectivity index (χ2n) is 6.58. The fourth-order valence-corrected chi connectivity index (χ4v) is 2.74. The number of amides is 1. The van der Waals surface area contributed by atoms with Crippen LogP contribution in [0, 0.1) is 18.7 Å². The minimum atomic E-state index is -0.321. The van der Waals surface area contributed by atoms with Gasteiger partial charge in [-0.2, -0.15) is 0 Å². The SMILES string of the molecule is Cc1nnc2c(NCCCCNC(=O)C(C)C)nc3ccc(F)cc3n12. The molecule has 7 nitrogen and oxygen atoms in total. The quantitative estimate of drug-likeness (QED) is 0.635. The molecule has 8 heteroatoms. The standard InChI is InChI=1S/C18H23FN6O/c1-11(2)18(26)21-9-5-4-8-20-16-17-24-23-12(3)25(17)15-10-13(19)6-7-14(15)22-16/h6-7,10-11H,4-5,8-9H2,1-3H3,(H,20,22)(H,21,26). The minimum Gasteiger partial charge on any atom is -0.367 e. The number of anilines is 1.